The highest BCUT2D eigenvalue weighted by Gasteiger charge is 2.52. The Bertz CT molecular complexity index is 1160. The third-order valence-electron chi connectivity index (χ3n) is 5.79. The van der Waals surface area contributed by atoms with Crippen LogP contribution in [0.3, 0.4) is 0 Å². The summed E-state index contributed by atoms with van der Waals surface area (Å²) in [6.07, 6.45) is 0. The monoisotopic (exact) mass is 379 g/mol. The van der Waals surface area contributed by atoms with E-state index in [-0.39, 0.29) is 5.58 Å². The van der Waals surface area contributed by atoms with Crippen LogP contribution in [0.2, 0.25) is 0 Å². The summed E-state index contributed by atoms with van der Waals surface area (Å²) in [5.41, 5.74) is 0.724. The van der Waals surface area contributed by atoms with Crippen LogP contribution in [-0.2, 0) is 9.31 Å². The SMILES string of the molecule is Cc1c(B2OC(C)(C)C(C)(C)O2)ccc2oc(=O)n(-c3ccccc3)c(=O)c12. The van der Waals surface area contributed by atoms with E-state index >= 15 is 0 Å². The van der Waals surface area contributed by atoms with E-state index in [2.05, 4.69) is 0 Å². The minimum absolute atomic E-state index is 0.250. The van der Waals surface area contributed by atoms with Crippen LogP contribution >= 0.6 is 0 Å². The van der Waals surface area contributed by atoms with E-state index in [0.717, 1.165) is 10.0 Å². The minimum Gasteiger partial charge on any atom is -0.409 e. The third-order valence-corrected chi connectivity index (χ3v) is 5.79. The number of hydrogen-bond donors (Lipinski definition) is 0. The van der Waals surface area contributed by atoms with Crippen molar-refractivity contribution in [1.82, 2.24) is 4.57 Å². The summed E-state index contributed by atoms with van der Waals surface area (Å²) in [6, 6.07) is 12.1. The van der Waals surface area contributed by atoms with Gasteiger partial charge >= 0.3 is 12.9 Å². The quantitative estimate of drug-likeness (QED) is 0.640. The van der Waals surface area contributed by atoms with Crippen molar-refractivity contribution in [2.24, 2.45) is 0 Å². The Morgan fingerprint density at radius 2 is 1.50 bits per heavy atom. The van der Waals surface area contributed by atoms with Gasteiger partial charge in [0.15, 0.2) is 0 Å². The van der Waals surface area contributed by atoms with Gasteiger partial charge in [-0.05, 0) is 63.8 Å². The summed E-state index contributed by atoms with van der Waals surface area (Å²) in [4.78, 5) is 25.6. The number of para-hydroxylation sites is 1. The smallest absolute Gasteiger partial charge is 0.409 e. The molecular formula is C21H22BNO5. The van der Waals surface area contributed by atoms with Gasteiger partial charge in [-0.1, -0.05) is 24.3 Å². The van der Waals surface area contributed by atoms with Crippen molar-refractivity contribution in [2.75, 3.05) is 0 Å². The molecule has 0 atom stereocenters. The molecule has 1 saturated heterocycles. The summed E-state index contributed by atoms with van der Waals surface area (Å²) < 4.78 is 18.7. The average Bonchev–Trinajstić information content (AvgIpc) is 2.83. The van der Waals surface area contributed by atoms with E-state index in [9.17, 15) is 9.59 Å². The zero-order chi connectivity index (χ0) is 20.3. The van der Waals surface area contributed by atoms with Crippen LogP contribution in [0.15, 0.2) is 56.5 Å². The Morgan fingerprint density at radius 3 is 2.11 bits per heavy atom. The number of hydrogen-bond acceptors (Lipinski definition) is 5. The van der Waals surface area contributed by atoms with E-state index in [4.69, 9.17) is 13.7 Å². The van der Waals surface area contributed by atoms with Crippen molar-refractivity contribution in [2.45, 2.75) is 45.8 Å². The Hall–Kier alpha value is -2.64. The Balaban J connectivity index is 1.93. The largest absolute Gasteiger partial charge is 0.495 e. The molecule has 144 valence electrons. The van der Waals surface area contributed by atoms with Crippen LogP contribution in [0, 0.1) is 6.92 Å². The Kier molecular flexibility index (Phi) is 4.14. The minimum atomic E-state index is -0.716. The first-order valence-corrected chi connectivity index (χ1v) is 9.23. The number of aromatic nitrogens is 1. The Morgan fingerprint density at radius 1 is 0.893 bits per heavy atom. The van der Waals surface area contributed by atoms with Gasteiger partial charge in [-0.15, -0.1) is 0 Å². The summed E-state index contributed by atoms with van der Waals surface area (Å²) in [6.45, 7) is 9.73. The standard InChI is InChI=1S/C21H22BNO5/c1-13-15(22-27-20(2,3)21(4,5)28-22)11-12-16-17(13)18(24)23(19(25)26-16)14-9-7-6-8-10-14/h6-12H,1-5H3. The molecule has 0 saturated carbocycles. The Labute approximate surface area is 162 Å². The van der Waals surface area contributed by atoms with Crippen molar-refractivity contribution in [3.05, 3.63) is 68.9 Å². The molecule has 0 spiro atoms. The molecule has 0 unspecified atom stereocenters. The van der Waals surface area contributed by atoms with Crippen molar-refractivity contribution in [3.8, 4) is 5.69 Å². The molecule has 4 rings (SSSR count). The molecule has 0 radical (unpaired) electrons. The maximum atomic E-state index is 13.2. The van der Waals surface area contributed by atoms with Crippen molar-refractivity contribution < 1.29 is 13.7 Å². The van der Waals surface area contributed by atoms with Gasteiger partial charge in [0.05, 0.1) is 22.3 Å². The summed E-state index contributed by atoms with van der Waals surface area (Å²) >= 11 is 0. The second-order valence-corrected chi connectivity index (χ2v) is 8.09. The van der Waals surface area contributed by atoms with Gasteiger partial charge in [0.2, 0.25) is 0 Å². The normalized spacial score (nSPS) is 18.0. The molecule has 2 aromatic carbocycles. The maximum absolute atomic E-state index is 13.2. The molecule has 1 fully saturated rings. The van der Waals surface area contributed by atoms with E-state index in [1.54, 1.807) is 36.4 Å². The molecule has 1 aliphatic heterocycles. The molecule has 1 aromatic heterocycles. The van der Waals surface area contributed by atoms with Gasteiger partial charge < -0.3 is 13.7 Å². The number of fused-ring (bicyclic) bond motifs is 1. The zero-order valence-electron chi connectivity index (χ0n) is 16.6. The molecular weight excluding hydrogens is 357 g/mol. The van der Waals surface area contributed by atoms with Crippen LogP contribution < -0.4 is 16.8 Å². The molecule has 0 bridgehead atoms. The van der Waals surface area contributed by atoms with E-state index in [1.165, 1.54) is 0 Å². The highest BCUT2D eigenvalue weighted by atomic mass is 16.7. The van der Waals surface area contributed by atoms with E-state index in [0.29, 0.717) is 16.6 Å². The van der Waals surface area contributed by atoms with Crippen LogP contribution in [0.25, 0.3) is 16.7 Å². The van der Waals surface area contributed by atoms with Crippen LogP contribution in [0.1, 0.15) is 33.3 Å². The molecule has 28 heavy (non-hydrogen) atoms. The van der Waals surface area contributed by atoms with Gasteiger partial charge in [0.25, 0.3) is 5.56 Å². The molecule has 0 aliphatic carbocycles. The predicted octanol–water partition coefficient (Wildman–Crippen LogP) is 2.55. The van der Waals surface area contributed by atoms with E-state index < -0.39 is 29.6 Å². The number of nitrogens with zero attached hydrogens (tertiary/aromatic N) is 1. The molecule has 0 N–H and O–H groups in total. The maximum Gasteiger partial charge on any atom is 0.495 e. The number of benzene rings is 2. The zero-order valence-corrected chi connectivity index (χ0v) is 16.6. The van der Waals surface area contributed by atoms with E-state index in [1.807, 2.05) is 40.7 Å². The molecule has 7 heteroatoms. The van der Waals surface area contributed by atoms with Crippen molar-refractivity contribution in [1.29, 1.82) is 0 Å². The average molecular weight is 379 g/mol. The van der Waals surface area contributed by atoms with Gasteiger partial charge in [-0.25, -0.2) is 9.36 Å². The summed E-state index contributed by atoms with van der Waals surface area (Å²) in [7, 11) is -0.606. The lowest BCUT2D eigenvalue weighted by molar-refractivity contribution is 0.00578. The highest BCUT2D eigenvalue weighted by molar-refractivity contribution is 6.63. The van der Waals surface area contributed by atoms with Crippen LogP contribution in [-0.4, -0.2) is 22.9 Å². The molecule has 1 aliphatic rings. The van der Waals surface area contributed by atoms with Crippen molar-refractivity contribution >= 4 is 23.6 Å². The first-order valence-electron chi connectivity index (χ1n) is 9.23. The number of rotatable bonds is 2. The van der Waals surface area contributed by atoms with Gasteiger partial charge in [-0.3, -0.25) is 4.79 Å². The molecule has 6 nitrogen and oxygen atoms in total. The first kappa shape index (κ1) is 18.7. The topological polar surface area (TPSA) is 70.7 Å². The van der Waals surface area contributed by atoms with Crippen LogP contribution in [0.4, 0.5) is 0 Å². The lowest BCUT2D eigenvalue weighted by Crippen LogP contribution is -2.41. The van der Waals surface area contributed by atoms with Gasteiger partial charge in [-0.2, -0.15) is 0 Å². The molecule has 0 amide bonds. The second-order valence-electron chi connectivity index (χ2n) is 8.09. The second kappa shape index (κ2) is 6.19. The third kappa shape index (κ3) is 2.74. The molecule has 3 aromatic rings. The fourth-order valence-corrected chi connectivity index (χ4v) is 3.41. The fourth-order valence-electron chi connectivity index (χ4n) is 3.41. The summed E-state index contributed by atoms with van der Waals surface area (Å²) in [5.74, 6) is -0.716. The lowest BCUT2D eigenvalue weighted by atomic mass is 9.75. The van der Waals surface area contributed by atoms with Crippen molar-refractivity contribution in [3.63, 3.8) is 0 Å². The van der Waals surface area contributed by atoms with Gasteiger partial charge in [0.1, 0.15) is 5.58 Å². The fraction of sp³-hybridized carbons (Fsp3) is 0.333. The lowest BCUT2D eigenvalue weighted by Gasteiger charge is -2.32. The molecule has 2 heterocycles. The summed E-state index contributed by atoms with van der Waals surface area (Å²) in [5, 5.41) is 0.343. The predicted molar refractivity (Wildman–Crippen MR) is 109 cm³/mol. The highest BCUT2D eigenvalue weighted by Crippen LogP contribution is 2.36. The van der Waals surface area contributed by atoms with Crippen LogP contribution in [0.5, 0.6) is 0 Å². The van der Waals surface area contributed by atoms with Gasteiger partial charge in [0, 0.05) is 0 Å². The number of aryl methyl sites for hydroxylation is 1. The first-order chi connectivity index (χ1) is 13.1.